The summed E-state index contributed by atoms with van der Waals surface area (Å²) in [6.07, 6.45) is 0.322. The summed E-state index contributed by atoms with van der Waals surface area (Å²) in [7, 11) is 0. The molecule has 0 radical (unpaired) electrons. The molecular weight excluding hydrogens is 284 g/mol. The van der Waals surface area contributed by atoms with E-state index in [4.69, 9.17) is 17.3 Å². The fraction of sp³-hybridized carbons (Fsp3) is 0.235. The number of carbonyl (C=O) groups is 1. The van der Waals surface area contributed by atoms with Gasteiger partial charge in [0.1, 0.15) is 0 Å². The van der Waals surface area contributed by atoms with Crippen LogP contribution in [0.15, 0.2) is 48.5 Å². The minimum atomic E-state index is -0.128. The maximum atomic E-state index is 12.2. The Morgan fingerprint density at radius 2 is 1.76 bits per heavy atom. The Hall–Kier alpha value is -1.84. The number of benzene rings is 2. The van der Waals surface area contributed by atoms with E-state index in [0.29, 0.717) is 18.0 Å². The highest BCUT2D eigenvalue weighted by Crippen LogP contribution is 2.22. The molecule has 0 heterocycles. The second-order valence-corrected chi connectivity index (χ2v) is 5.37. The SMILES string of the molecule is C[C@H](NC(=O)Cc1ccccc1CN)c1ccccc1Cl. The Labute approximate surface area is 130 Å². The first-order valence-electron chi connectivity index (χ1n) is 6.92. The Morgan fingerprint density at radius 1 is 1.14 bits per heavy atom. The lowest BCUT2D eigenvalue weighted by molar-refractivity contribution is -0.121. The van der Waals surface area contributed by atoms with Crippen LogP contribution in [-0.4, -0.2) is 5.91 Å². The third-order valence-corrected chi connectivity index (χ3v) is 3.78. The quantitative estimate of drug-likeness (QED) is 0.891. The Bertz CT molecular complexity index is 628. The molecule has 3 nitrogen and oxygen atoms in total. The van der Waals surface area contributed by atoms with Gasteiger partial charge in [-0.25, -0.2) is 0 Å². The van der Waals surface area contributed by atoms with Gasteiger partial charge in [0.2, 0.25) is 5.91 Å². The number of carbonyl (C=O) groups excluding carboxylic acids is 1. The largest absolute Gasteiger partial charge is 0.349 e. The van der Waals surface area contributed by atoms with Crippen LogP contribution in [0.3, 0.4) is 0 Å². The lowest BCUT2D eigenvalue weighted by atomic mass is 10.0. The molecule has 4 heteroatoms. The number of nitrogens with one attached hydrogen (secondary N) is 1. The molecule has 0 saturated carbocycles. The summed E-state index contributed by atoms with van der Waals surface area (Å²) in [5.74, 6) is -0.0386. The van der Waals surface area contributed by atoms with E-state index in [9.17, 15) is 4.79 Å². The molecule has 2 aromatic rings. The number of rotatable bonds is 5. The number of amides is 1. The summed E-state index contributed by atoms with van der Waals surface area (Å²) in [4.78, 5) is 12.2. The van der Waals surface area contributed by atoms with E-state index >= 15 is 0 Å². The van der Waals surface area contributed by atoms with Crippen molar-refractivity contribution in [2.24, 2.45) is 5.73 Å². The van der Waals surface area contributed by atoms with Crippen LogP contribution < -0.4 is 11.1 Å². The first kappa shape index (κ1) is 15.5. The maximum Gasteiger partial charge on any atom is 0.224 e. The summed E-state index contributed by atoms with van der Waals surface area (Å²) in [6, 6.07) is 15.1. The summed E-state index contributed by atoms with van der Waals surface area (Å²) in [6.45, 7) is 2.36. The van der Waals surface area contributed by atoms with Crippen molar-refractivity contribution in [3.8, 4) is 0 Å². The van der Waals surface area contributed by atoms with Crippen LogP contribution in [0.2, 0.25) is 5.02 Å². The van der Waals surface area contributed by atoms with Crippen LogP contribution >= 0.6 is 11.6 Å². The van der Waals surface area contributed by atoms with Crippen LogP contribution in [0.5, 0.6) is 0 Å². The standard InChI is InChI=1S/C17H19ClN2O/c1-12(15-8-4-5-9-16(15)18)20-17(21)10-13-6-2-3-7-14(13)11-19/h2-9,12H,10-11,19H2,1H3,(H,20,21)/t12-/m0/s1. The molecule has 1 amide bonds. The molecule has 3 N–H and O–H groups in total. The third-order valence-electron chi connectivity index (χ3n) is 3.44. The van der Waals surface area contributed by atoms with Crippen molar-refractivity contribution in [1.82, 2.24) is 5.32 Å². The molecule has 0 bridgehead atoms. The summed E-state index contributed by atoms with van der Waals surface area (Å²) in [5, 5.41) is 3.63. The predicted molar refractivity (Wildman–Crippen MR) is 86.0 cm³/mol. The zero-order valence-corrected chi connectivity index (χ0v) is 12.7. The smallest absolute Gasteiger partial charge is 0.224 e. The predicted octanol–water partition coefficient (Wildman–Crippen LogP) is 3.22. The second-order valence-electron chi connectivity index (χ2n) is 4.96. The van der Waals surface area contributed by atoms with Crippen molar-refractivity contribution in [2.75, 3.05) is 0 Å². The van der Waals surface area contributed by atoms with E-state index in [-0.39, 0.29) is 11.9 Å². The molecular formula is C17H19ClN2O. The van der Waals surface area contributed by atoms with Crippen LogP contribution in [-0.2, 0) is 17.8 Å². The van der Waals surface area contributed by atoms with Gasteiger partial charge in [-0.3, -0.25) is 4.79 Å². The van der Waals surface area contributed by atoms with Crippen molar-refractivity contribution < 1.29 is 4.79 Å². The van der Waals surface area contributed by atoms with E-state index in [1.54, 1.807) is 0 Å². The molecule has 0 aromatic heterocycles. The summed E-state index contributed by atoms with van der Waals surface area (Å²) in [5.41, 5.74) is 8.57. The monoisotopic (exact) mass is 302 g/mol. The number of hydrogen-bond donors (Lipinski definition) is 2. The Morgan fingerprint density at radius 3 is 2.43 bits per heavy atom. The van der Waals surface area contributed by atoms with Crippen LogP contribution in [0.4, 0.5) is 0 Å². The van der Waals surface area contributed by atoms with Gasteiger partial charge in [-0.05, 0) is 29.7 Å². The first-order chi connectivity index (χ1) is 10.1. The van der Waals surface area contributed by atoms with E-state index in [2.05, 4.69) is 5.32 Å². The lowest BCUT2D eigenvalue weighted by Gasteiger charge is -2.16. The van der Waals surface area contributed by atoms with Crippen molar-refractivity contribution in [3.05, 3.63) is 70.2 Å². The van der Waals surface area contributed by atoms with E-state index in [1.165, 1.54) is 0 Å². The van der Waals surface area contributed by atoms with Crippen LogP contribution in [0.1, 0.15) is 29.7 Å². The molecule has 0 aliphatic heterocycles. The maximum absolute atomic E-state index is 12.2. The fourth-order valence-electron chi connectivity index (χ4n) is 2.30. The molecule has 2 rings (SSSR count). The van der Waals surface area contributed by atoms with Gasteiger partial charge in [-0.2, -0.15) is 0 Å². The number of nitrogens with two attached hydrogens (primary N) is 1. The fourth-order valence-corrected chi connectivity index (χ4v) is 2.60. The van der Waals surface area contributed by atoms with Crippen molar-refractivity contribution in [2.45, 2.75) is 25.9 Å². The molecule has 110 valence electrons. The topological polar surface area (TPSA) is 55.1 Å². The van der Waals surface area contributed by atoms with Gasteiger partial charge in [0.15, 0.2) is 0 Å². The second kappa shape index (κ2) is 7.25. The highest BCUT2D eigenvalue weighted by molar-refractivity contribution is 6.31. The minimum absolute atomic E-state index is 0.0386. The van der Waals surface area contributed by atoms with Crippen molar-refractivity contribution >= 4 is 17.5 Å². The third kappa shape index (κ3) is 4.06. The zero-order chi connectivity index (χ0) is 15.2. The van der Waals surface area contributed by atoms with Gasteiger partial charge < -0.3 is 11.1 Å². The molecule has 2 aromatic carbocycles. The van der Waals surface area contributed by atoms with E-state index in [0.717, 1.165) is 16.7 Å². The van der Waals surface area contributed by atoms with Gasteiger partial charge in [0, 0.05) is 11.6 Å². The lowest BCUT2D eigenvalue weighted by Crippen LogP contribution is -2.28. The number of halogens is 1. The molecule has 0 spiro atoms. The van der Waals surface area contributed by atoms with Gasteiger partial charge in [-0.1, -0.05) is 54.1 Å². The van der Waals surface area contributed by atoms with E-state index < -0.39 is 0 Å². The molecule has 0 aliphatic rings. The van der Waals surface area contributed by atoms with E-state index in [1.807, 2.05) is 55.5 Å². The van der Waals surface area contributed by atoms with Crippen molar-refractivity contribution in [1.29, 1.82) is 0 Å². The highest BCUT2D eigenvalue weighted by Gasteiger charge is 2.13. The first-order valence-corrected chi connectivity index (χ1v) is 7.30. The molecule has 21 heavy (non-hydrogen) atoms. The Balaban J connectivity index is 2.03. The molecule has 0 unspecified atom stereocenters. The van der Waals surface area contributed by atoms with Crippen LogP contribution in [0.25, 0.3) is 0 Å². The van der Waals surface area contributed by atoms with Gasteiger partial charge >= 0.3 is 0 Å². The average Bonchev–Trinajstić information content (AvgIpc) is 2.48. The normalized spacial score (nSPS) is 12.0. The Kier molecular flexibility index (Phi) is 5.37. The molecule has 1 atom stereocenters. The van der Waals surface area contributed by atoms with Gasteiger partial charge in [0.05, 0.1) is 12.5 Å². The van der Waals surface area contributed by atoms with Gasteiger partial charge in [-0.15, -0.1) is 0 Å². The highest BCUT2D eigenvalue weighted by atomic mass is 35.5. The van der Waals surface area contributed by atoms with Gasteiger partial charge in [0.25, 0.3) is 0 Å². The minimum Gasteiger partial charge on any atom is -0.349 e. The summed E-state index contributed by atoms with van der Waals surface area (Å²) < 4.78 is 0. The molecule has 0 aliphatic carbocycles. The molecule has 0 fully saturated rings. The average molecular weight is 303 g/mol. The molecule has 0 saturated heterocycles. The zero-order valence-electron chi connectivity index (χ0n) is 12.0. The number of hydrogen-bond acceptors (Lipinski definition) is 2. The summed E-state index contributed by atoms with van der Waals surface area (Å²) >= 11 is 6.14. The van der Waals surface area contributed by atoms with Crippen LogP contribution in [0, 0.1) is 0 Å². The van der Waals surface area contributed by atoms with Crippen molar-refractivity contribution in [3.63, 3.8) is 0 Å².